The Bertz CT molecular complexity index is 584. The maximum absolute atomic E-state index is 11.5. The van der Waals surface area contributed by atoms with E-state index in [1.165, 1.54) is 12.4 Å². The summed E-state index contributed by atoms with van der Waals surface area (Å²) in [6, 6.07) is 0. The molecule has 6 heteroatoms. The van der Waals surface area contributed by atoms with Crippen LogP contribution in [-0.2, 0) is 0 Å². The zero-order valence-electron chi connectivity index (χ0n) is 6.76. The minimum Gasteiger partial charge on any atom is -0.285 e. The van der Waals surface area contributed by atoms with Crippen molar-refractivity contribution in [3.8, 4) is 22.5 Å². The highest BCUT2D eigenvalue weighted by atomic mass is 16.2. The number of hydrogen-bond donors (Lipinski definition) is 0. The van der Waals surface area contributed by atoms with Gasteiger partial charge in [0.15, 0.2) is 5.69 Å². The number of aromatic nitrogens is 4. The molecule has 0 saturated carbocycles. The second-order valence-corrected chi connectivity index (χ2v) is 2.88. The number of rotatable bonds is 0. The summed E-state index contributed by atoms with van der Waals surface area (Å²) in [5.41, 5.74) is -0.0604. The fourth-order valence-corrected chi connectivity index (χ4v) is 1.47. The third kappa shape index (κ3) is 0.657. The molecule has 14 heavy (non-hydrogen) atoms. The summed E-state index contributed by atoms with van der Waals surface area (Å²) in [5.74, 6) is 0. The lowest BCUT2D eigenvalue weighted by molar-refractivity contribution is 0.952. The van der Waals surface area contributed by atoms with Crippen molar-refractivity contribution in [1.82, 2.24) is 20.4 Å². The highest BCUT2D eigenvalue weighted by Gasteiger charge is 2.25. The van der Waals surface area contributed by atoms with Crippen LogP contribution < -0.4 is 10.9 Å². The van der Waals surface area contributed by atoms with Crippen molar-refractivity contribution < 1.29 is 0 Å². The number of benzene rings is 1. The van der Waals surface area contributed by atoms with Gasteiger partial charge in [-0.15, -0.1) is 10.2 Å². The second kappa shape index (κ2) is 2.16. The van der Waals surface area contributed by atoms with Crippen molar-refractivity contribution in [1.29, 1.82) is 0 Å². The molecule has 66 valence electrons. The third-order valence-electron chi connectivity index (χ3n) is 2.13. The average molecular weight is 186 g/mol. The maximum atomic E-state index is 11.5. The van der Waals surface area contributed by atoms with Gasteiger partial charge >= 0.3 is 0 Å². The molecule has 0 unspecified atom stereocenters. The Morgan fingerprint density at radius 2 is 1.57 bits per heavy atom. The summed E-state index contributed by atoms with van der Waals surface area (Å²) in [5, 5.41) is 10.6. The van der Waals surface area contributed by atoms with Gasteiger partial charge in [-0.3, -0.25) is 14.6 Å². The van der Waals surface area contributed by atoms with E-state index in [9.17, 15) is 9.59 Å². The van der Waals surface area contributed by atoms with Gasteiger partial charge in [-0.25, -0.2) is 0 Å². The molecule has 0 saturated heterocycles. The summed E-state index contributed by atoms with van der Waals surface area (Å²) in [7, 11) is 0. The lowest BCUT2D eigenvalue weighted by Gasteiger charge is -1.97. The Hall–Kier alpha value is -2.24. The quantitative estimate of drug-likeness (QED) is 0.422. The molecule has 0 fully saturated rings. The van der Waals surface area contributed by atoms with Crippen LogP contribution in [0.2, 0.25) is 0 Å². The van der Waals surface area contributed by atoms with Crippen LogP contribution in [0.1, 0.15) is 0 Å². The summed E-state index contributed by atoms with van der Waals surface area (Å²) in [6.45, 7) is 0. The topological polar surface area (TPSA) is 85.7 Å². The largest absolute Gasteiger partial charge is 0.285 e. The molecule has 0 radical (unpaired) electrons. The highest BCUT2D eigenvalue weighted by molar-refractivity contribution is 5.81. The minimum absolute atomic E-state index is 0.0236. The molecule has 2 aliphatic heterocycles. The van der Waals surface area contributed by atoms with Crippen LogP contribution in [0, 0.1) is 0 Å². The van der Waals surface area contributed by atoms with Crippen LogP contribution in [0.3, 0.4) is 0 Å². The Labute approximate surface area is 76.6 Å². The molecule has 0 amide bonds. The zero-order chi connectivity index (χ0) is 9.71. The average Bonchev–Trinajstić information content (AvgIpc) is 2.80. The van der Waals surface area contributed by atoms with Crippen LogP contribution in [-0.4, -0.2) is 20.4 Å². The molecule has 3 rings (SSSR count). The van der Waals surface area contributed by atoms with Gasteiger partial charge in [0.1, 0.15) is 5.69 Å². The highest BCUT2D eigenvalue weighted by Crippen LogP contribution is 2.26. The van der Waals surface area contributed by atoms with Gasteiger partial charge in [0.05, 0.1) is 5.56 Å². The minimum atomic E-state index is -0.662. The van der Waals surface area contributed by atoms with Crippen molar-refractivity contribution in [2.75, 3.05) is 0 Å². The van der Waals surface area contributed by atoms with Gasteiger partial charge < -0.3 is 0 Å². The molecule has 2 heterocycles. The Kier molecular flexibility index (Phi) is 1.11. The smallest absolute Gasteiger partial charge is 0.256 e. The van der Waals surface area contributed by atoms with E-state index in [0.29, 0.717) is 11.3 Å². The first-order valence-electron chi connectivity index (χ1n) is 3.85. The molecule has 0 aromatic heterocycles. The third-order valence-corrected chi connectivity index (χ3v) is 2.13. The summed E-state index contributed by atoms with van der Waals surface area (Å²) < 4.78 is 0. The standard InChI is InChI=1S/C8H2N4O2/c13-7-4-2-9-1-3(4)5-6(8(7)14)11-12-10-5/h1-2H. The Morgan fingerprint density at radius 1 is 0.857 bits per heavy atom. The van der Waals surface area contributed by atoms with E-state index in [2.05, 4.69) is 20.4 Å². The Morgan fingerprint density at radius 3 is 2.43 bits per heavy atom. The Balaban J connectivity index is 2.67. The predicted molar refractivity (Wildman–Crippen MR) is 45.8 cm³/mol. The van der Waals surface area contributed by atoms with E-state index in [1.54, 1.807) is 0 Å². The number of fused-ring (bicyclic) bond motifs is 3. The first-order valence-corrected chi connectivity index (χ1v) is 3.85. The van der Waals surface area contributed by atoms with Crippen LogP contribution in [0.5, 0.6) is 0 Å². The lowest BCUT2D eigenvalue weighted by Crippen LogP contribution is -2.27. The van der Waals surface area contributed by atoms with Crippen molar-refractivity contribution in [2.24, 2.45) is 0 Å². The summed E-state index contributed by atoms with van der Waals surface area (Å²) in [6.07, 6.45) is 2.84. The first kappa shape index (κ1) is 7.19. The van der Waals surface area contributed by atoms with Crippen LogP contribution in [0.25, 0.3) is 22.5 Å². The SMILES string of the molecule is O=c1c2cncc-2c2nnnc-2c1=O. The van der Waals surface area contributed by atoms with Crippen LogP contribution in [0.4, 0.5) is 0 Å². The maximum Gasteiger partial charge on any atom is 0.256 e. The van der Waals surface area contributed by atoms with Gasteiger partial charge in [-0.1, -0.05) is 0 Å². The van der Waals surface area contributed by atoms with Crippen molar-refractivity contribution in [3.05, 3.63) is 32.8 Å². The van der Waals surface area contributed by atoms with E-state index in [0.717, 1.165) is 0 Å². The van der Waals surface area contributed by atoms with Crippen LogP contribution >= 0.6 is 0 Å². The monoisotopic (exact) mass is 186 g/mol. The second-order valence-electron chi connectivity index (χ2n) is 2.88. The molecule has 3 aliphatic rings. The van der Waals surface area contributed by atoms with Gasteiger partial charge in [-0.05, 0) is 5.21 Å². The van der Waals surface area contributed by atoms with E-state index in [-0.39, 0.29) is 11.3 Å². The van der Waals surface area contributed by atoms with E-state index >= 15 is 0 Å². The predicted octanol–water partition coefficient (Wildman–Crippen LogP) is -0.928. The van der Waals surface area contributed by atoms with E-state index in [4.69, 9.17) is 0 Å². The molecule has 0 atom stereocenters. The number of hydrogen-bond acceptors (Lipinski definition) is 6. The molecule has 0 N–H and O–H groups in total. The zero-order valence-corrected chi connectivity index (χ0v) is 6.76. The van der Waals surface area contributed by atoms with Gasteiger partial charge in [-0.2, -0.15) is 0 Å². The molecular formula is C8H2N4O2. The van der Waals surface area contributed by atoms with Crippen molar-refractivity contribution in [3.63, 3.8) is 0 Å². The summed E-state index contributed by atoms with van der Waals surface area (Å²) >= 11 is 0. The first-order chi connectivity index (χ1) is 6.79. The normalized spacial score (nSPS) is 11.4. The molecule has 6 nitrogen and oxygen atoms in total. The molecule has 1 aliphatic carbocycles. The summed E-state index contributed by atoms with van der Waals surface area (Å²) in [4.78, 5) is 26.7. The van der Waals surface area contributed by atoms with Crippen molar-refractivity contribution >= 4 is 0 Å². The van der Waals surface area contributed by atoms with Gasteiger partial charge in [0.25, 0.3) is 5.43 Å². The van der Waals surface area contributed by atoms with Crippen molar-refractivity contribution in [2.45, 2.75) is 0 Å². The fourth-order valence-electron chi connectivity index (χ4n) is 1.47. The molecule has 0 spiro atoms. The fraction of sp³-hybridized carbons (Fsp3) is 0. The molecule has 0 bridgehead atoms. The number of nitrogens with zero attached hydrogens (tertiary/aromatic N) is 4. The van der Waals surface area contributed by atoms with Gasteiger partial charge in [0, 0.05) is 18.0 Å². The van der Waals surface area contributed by atoms with E-state index in [1.807, 2.05) is 0 Å². The van der Waals surface area contributed by atoms with Gasteiger partial charge in [0.2, 0.25) is 5.43 Å². The lowest BCUT2D eigenvalue weighted by atomic mass is 10.0. The molecular weight excluding hydrogens is 184 g/mol. The molecule has 0 aromatic rings. The van der Waals surface area contributed by atoms with E-state index < -0.39 is 10.9 Å². The van der Waals surface area contributed by atoms with Crippen LogP contribution in [0.15, 0.2) is 22.0 Å². The molecule has 0 aromatic carbocycles.